The fraction of sp³-hybridized carbons (Fsp3) is 0.333. The van der Waals surface area contributed by atoms with E-state index in [-0.39, 0.29) is 10.9 Å². The van der Waals surface area contributed by atoms with Gasteiger partial charge in [-0.05, 0) is 32.4 Å². The van der Waals surface area contributed by atoms with Crippen molar-refractivity contribution < 1.29 is 4.79 Å². The van der Waals surface area contributed by atoms with Gasteiger partial charge >= 0.3 is 0 Å². The van der Waals surface area contributed by atoms with Crippen molar-refractivity contribution in [3.8, 4) is 0 Å². The summed E-state index contributed by atoms with van der Waals surface area (Å²) < 4.78 is 0. The molecule has 0 unspecified atom stereocenters. The number of halogens is 1. The lowest BCUT2D eigenvalue weighted by atomic mass is 10.0. The number of hydrogen-bond acceptors (Lipinski definition) is 2. The number of thiocarbonyl (C=S) groups is 1. The zero-order valence-electron chi connectivity index (χ0n) is 10.0. The molecular weight excluding hydrogens is 256 g/mol. The second-order valence-corrected chi connectivity index (χ2v) is 5.20. The molecule has 0 radical (unpaired) electrons. The molecule has 0 atom stereocenters. The number of nitrogens with two attached hydrogens (primary N) is 1. The summed E-state index contributed by atoms with van der Waals surface area (Å²) in [5.41, 5.74) is 6.09. The Morgan fingerprint density at radius 1 is 1.47 bits per heavy atom. The largest absolute Gasteiger partial charge is 0.391 e. The Morgan fingerprint density at radius 2 is 2.06 bits per heavy atom. The summed E-state index contributed by atoms with van der Waals surface area (Å²) in [6.07, 6.45) is 0. The monoisotopic (exact) mass is 270 g/mol. The number of carbonyl (C=O) groups excluding carboxylic acids is 1. The molecule has 0 aliphatic heterocycles. The maximum Gasteiger partial charge on any atom is 0.253 e. The molecule has 17 heavy (non-hydrogen) atoms. The summed E-state index contributed by atoms with van der Waals surface area (Å²) in [5.74, 6) is -0.281. The molecule has 0 saturated heterocycles. The van der Waals surface area contributed by atoms with Crippen molar-refractivity contribution in [1.29, 1.82) is 0 Å². The van der Waals surface area contributed by atoms with Crippen molar-refractivity contribution in [1.82, 2.24) is 5.32 Å². The van der Waals surface area contributed by atoms with Crippen molar-refractivity contribution in [3.63, 3.8) is 0 Å². The number of benzene rings is 1. The van der Waals surface area contributed by atoms with Gasteiger partial charge in [0.15, 0.2) is 0 Å². The fourth-order valence-electron chi connectivity index (χ4n) is 1.24. The molecule has 1 rings (SSSR count). The van der Waals surface area contributed by atoms with Gasteiger partial charge in [0.25, 0.3) is 5.91 Å². The molecule has 3 nitrogen and oxygen atoms in total. The highest BCUT2D eigenvalue weighted by atomic mass is 35.5. The average Bonchev–Trinajstić information content (AvgIpc) is 2.21. The van der Waals surface area contributed by atoms with Crippen LogP contribution >= 0.6 is 23.8 Å². The van der Waals surface area contributed by atoms with Crippen LogP contribution in [0, 0.1) is 6.92 Å². The van der Waals surface area contributed by atoms with Crippen LogP contribution in [0.15, 0.2) is 18.2 Å². The predicted molar refractivity (Wildman–Crippen MR) is 74.5 cm³/mol. The Kier molecular flexibility index (Phi) is 4.11. The van der Waals surface area contributed by atoms with Crippen LogP contribution in [0.25, 0.3) is 0 Å². The normalized spacial score (nSPS) is 11.1. The van der Waals surface area contributed by atoms with Crippen molar-refractivity contribution in [2.75, 3.05) is 0 Å². The van der Waals surface area contributed by atoms with E-state index in [1.807, 2.05) is 13.0 Å². The van der Waals surface area contributed by atoms with Crippen molar-refractivity contribution in [2.45, 2.75) is 26.3 Å². The van der Waals surface area contributed by atoms with Crippen LogP contribution in [0.1, 0.15) is 29.8 Å². The van der Waals surface area contributed by atoms with Crippen molar-refractivity contribution in [3.05, 3.63) is 34.3 Å². The Labute approximate surface area is 111 Å². The van der Waals surface area contributed by atoms with Gasteiger partial charge in [-0.15, -0.1) is 0 Å². The molecule has 0 aromatic heterocycles. The van der Waals surface area contributed by atoms with Gasteiger partial charge in [-0.25, -0.2) is 0 Å². The van der Waals surface area contributed by atoms with Crippen LogP contribution in [-0.2, 0) is 0 Å². The number of aryl methyl sites for hydroxylation is 1. The van der Waals surface area contributed by atoms with Gasteiger partial charge in [-0.1, -0.05) is 36.0 Å². The van der Waals surface area contributed by atoms with E-state index in [1.165, 1.54) is 0 Å². The van der Waals surface area contributed by atoms with Gasteiger partial charge < -0.3 is 11.1 Å². The van der Waals surface area contributed by atoms with Crippen LogP contribution in [0.5, 0.6) is 0 Å². The van der Waals surface area contributed by atoms with E-state index in [2.05, 4.69) is 5.32 Å². The van der Waals surface area contributed by atoms with E-state index in [0.29, 0.717) is 10.6 Å². The number of rotatable bonds is 3. The Hall–Kier alpha value is -1.13. The fourth-order valence-corrected chi connectivity index (χ4v) is 1.50. The standard InChI is InChI=1S/C12H15ClN2OS/c1-7-5-4-6-8(9(7)13)10(16)15-12(2,3)11(14)17/h4-6H,1-3H3,(H2,14,17)(H,15,16). The minimum atomic E-state index is -0.737. The third kappa shape index (κ3) is 3.17. The smallest absolute Gasteiger partial charge is 0.253 e. The zero-order chi connectivity index (χ0) is 13.2. The first-order chi connectivity index (χ1) is 7.75. The lowest BCUT2D eigenvalue weighted by Gasteiger charge is -2.25. The summed E-state index contributed by atoms with van der Waals surface area (Å²) in [7, 11) is 0. The second kappa shape index (κ2) is 5.02. The minimum absolute atomic E-state index is 0.231. The number of carbonyl (C=O) groups is 1. The van der Waals surface area contributed by atoms with Gasteiger partial charge in [-0.3, -0.25) is 4.79 Å². The van der Waals surface area contributed by atoms with Gasteiger partial charge in [0.2, 0.25) is 0 Å². The van der Waals surface area contributed by atoms with Crippen LogP contribution < -0.4 is 11.1 Å². The van der Waals surface area contributed by atoms with E-state index >= 15 is 0 Å². The first kappa shape index (κ1) is 13.9. The molecule has 0 fully saturated rings. The van der Waals surface area contributed by atoms with Crippen molar-refractivity contribution >= 4 is 34.7 Å². The lowest BCUT2D eigenvalue weighted by molar-refractivity contribution is 0.0932. The summed E-state index contributed by atoms with van der Waals surface area (Å²) in [6.45, 7) is 5.34. The number of amides is 1. The lowest BCUT2D eigenvalue weighted by Crippen LogP contribution is -2.52. The summed E-state index contributed by atoms with van der Waals surface area (Å²) in [4.78, 5) is 12.3. The maximum absolute atomic E-state index is 12.0. The summed E-state index contributed by atoms with van der Waals surface area (Å²) in [6, 6.07) is 5.29. The molecule has 3 N–H and O–H groups in total. The van der Waals surface area contributed by atoms with Crippen LogP contribution in [0.2, 0.25) is 5.02 Å². The third-order valence-electron chi connectivity index (χ3n) is 2.48. The van der Waals surface area contributed by atoms with Gasteiger partial charge in [0.1, 0.15) is 0 Å². The highest BCUT2D eigenvalue weighted by Gasteiger charge is 2.25. The Morgan fingerprint density at radius 3 is 2.59 bits per heavy atom. The maximum atomic E-state index is 12.0. The van der Waals surface area contributed by atoms with Crippen molar-refractivity contribution in [2.24, 2.45) is 5.73 Å². The SMILES string of the molecule is Cc1cccc(C(=O)NC(C)(C)C(N)=S)c1Cl. The van der Waals surface area contributed by atoms with Gasteiger partial charge in [0, 0.05) is 0 Å². The quantitative estimate of drug-likeness (QED) is 0.830. The Balaban J connectivity index is 2.99. The first-order valence-corrected chi connectivity index (χ1v) is 5.92. The topological polar surface area (TPSA) is 55.1 Å². The molecule has 1 aromatic carbocycles. The average molecular weight is 271 g/mol. The number of hydrogen-bond donors (Lipinski definition) is 2. The molecule has 1 aromatic rings. The number of nitrogens with one attached hydrogen (secondary N) is 1. The van der Waals surface area contributed by atoms with E-state index in [4.69, 9.17) is 29.6 Å². The Bertz CT molecular complexity index is 472. The predicted octanol–water partition coefficient (Wildman–Crippen LogP) is 2.44. The zero-order valence-corrected chi connectivity index (χ0v) is 11.6. The van der Waals surface area contributed by atoms with E-state index in [1.54, 1.807) is 26.0 Å². The molecule has 0 spiro atoms. The second-order valence-electron chi connectivity index (χ2n) is 4.38. The molecule has 92 valence electrons. The van der Waals surface area contributed by atoms with Gasteiger partial charge in [0.05, 0.1) is 21.1 Å². The van der Waals surface area contributed by atoms with E-state index in [0.717, 1.165) is 5.56 Å². The first-order valence-electron chi connectivity index (χ1n) is 5.13. The molecule has 5 heteroatoms. The van der Waals surface area contributed by atoms with E-state index < -0.39 is 5.54 Å². The molecule has 0 saturated carbocycles. The summed E-state index contributed by atoms with van der Waals surface area (Å²) >= 11 is 11.0. The molecule has 1 amide bonds. The third-order valence-corrected chi connectivity index (χ3v) is 3.49. The highest BCUT2D eigenvalue weighted by Crippen LogP contribution is 2.20. The molecular formula is C12H15ClN2OS. The highest BCUT2D eigenvalue weighted by molar-refractivity contribution is 7.80. The van der Waals surface area contributed by atoms with Crippen LogP contribution in [0.3, 0.4) is 0 Å². The van der Waals surface area contributed by atoms with E-state index in [9.17, 15) is 4.79 Å². The minimum Gasteiger partial charge on any atom is -0.391 e. The molecule has 0 heterocycles. The molecule has 0 bridgehead atoms. The summed E-state index contributed by atoms with van der Waals surface area (Å²) in [5, 5.41) is 3.20. The van der Waals surface area contributed by atoms with Crippen LogP contribution in [-0.4, -0.2) is 16.4 Å². The van der Waals surface area contributed by atoms with Crippen LogP contribution in [0.4, 0.5) is 0 Å². The van der Waals surface area contributed by atoms with Gasteiger partial charge in [-0.2, -0.15) is 0 Å². The molecule has 0 aliphatic carbocycles. The molecule has 0 aliphatic rings.